The molecule has 0 spiro atoms. The van der Waals surface area contributed by atoms with E-state index in [-0.39, 0.29) is 12.5 Å². The molecule has 3 rings (SSSR count). The summed E-state index contributed by atoms with van der Waals surface area (Å²) in [5.74, 6) is 0.621. The summed E-state index contributed by atoms with van der Waals surface area (Å²) in [6.07, 6.45) is 3.88. The minimum absolute atomic E-state index is 0.103. The van der Waals surface area contributed by atoms with E-state index >= 15 is 0 Å². The van der Waals surface area contributed by atoms with E-state index in [0.29, 0.717) is 17.9 Å². The average molecular weight is 315 g/mol. The Balaban J connectivity index is 1.69. The molecule has 6 heteroatoms. The maximum Gasteiger partial charge on any atom is 0.278 e. The van der Waals surface area contributed by atoms with Crippen LogP contribution in [0, 0.1) is 0 Å². The Hall–Kier alpha value is -2.34. The van der Waals surface area contributed by atoms with Gasteiger partial charge in [0.1, 0.15) is 5.76 Å². The number of fused-ring (bicyclic) bond motifs is 1. The molecule has 0 radical (unpaired) electrons. The summed E-state index contributed by atoms with van der Waals surface area (Å²) in [7, 11) is 1.91. The zero-order chi connectivity index (χ0) is 16.2. The quantitative estimate of drug-likeness (QED) is 0.884. The number of carbonyl (C=O) groups excluding carboxylic acids is 1. The maximum atomic E-state index is 12.4. The zero-order valence-corrected chi connectivity index (χ0v) is 13.2. The number of hydrogen-bond donors (Lipinski definition) is 2. The molecule has 6 nitrogen and oxygen atoms in total. The van der Waals surface area contributed by atoms with Crippen LogP contribution in [0.1, 0.15) is 34.7 Å². The summed E-state index contributed by atoms with van der Waals surface area (Å²) in [5, 5.41) is 15.8. The number of benzene rings is 1. The van der Waals surface area contributed by atoms with Crippen LogP contribution in [0.4, 0.5) is 11.4 Å². The molecule has 1 heterocycles. The molecule has 0 atom stereocenters. The van der Waals surface area contributed by atoms with Crippen molar-refractivity contribution in [2.75, 3.05) is 30.4 Å². The molecule has 1 aromatic heterocycles. The number of hydrogen-bond acceptors (Lipinski definition) is 5. The zero-order valence-electron chi connectivity index (χ0n) is 13.2. The van der Waals surface area contributed by atoms with Crippen molar-refractivity contribution < 1.29 is 14.4 Å². The number of aromatic nitrogens is 1. The second kappa shape index (κ2) is 6.83. The number of aliphatic hydroxyl groups excluding tert-OH is 1. The van der Waals surface area contributed by atoms with Gasteiger partial charge in [0.05, 0.1) is 6.61 Å². The number of aliphatic hydroxyl groups is 1. The monoisotopic (exact) mass is 315 g/mol. The van der Waals surface area contributed by atoms with Gasteiger partial charge in [0.2, 0.25) is 0 Å². The summed E-state index contributed by atoms with van der Waals surface area (Å²) in [6.45, 7) is 0.670. The van der Waals surface area contributed by atoms with Crippen molar-refractivity contribution in [3.8, 4) is 0 Å². The predicted octanol–water partition coefficient (Wildman–Crippen LogP) is 2.23. The highest BCUT2D eigenvalue weighted by Crippen LogP contribution is 2.25. The third-order valence-electron chi connectivity index (χ3n) is 4.17. The van der Waals surface area contributed by atoms with Gasteiger partial charge < -0.3 is 19.8 Å². The highest BCUT2D eigenvalue weighted by Gasteiger charge is 2.23. The van der Waals surface area contributed by atoms with E-state index in [1.54, 1.807) is 0 Å². The van der Waals surface area contributed by atoms with Crippen LogP contribution in [-0.2, 0) is 12.8 Å². The highest BCUT2D eigenvalue weighted by molar-refractivity contribution is 6.04. The fraction of sp³-hybridized carbons (Fsp3) is 0.412. The lowest BCUT2D eigenvalue weighted by molar-refractivity contribution is 0.101. The summed E-state index contributed by atoms with van der Waals surface area (Å²) in [4.78, 5) is 14.3. The molecule has 1 amide bonds. The minimum Gasteiger partial charge on any atom is -0.395 e. The third kappa shape index (κ3) is 3.37. The maximum absolute atomic E-state index is 12.4. The number of nitrogens with one attached hydrogen (secondary N) is 1. The summed E-state index contributed by atoms with van der Waals surface area (Å²) < 4.78 is 5.28. The molecular formula is C17H21N3O3. The van der Waals surface area contributed by atoms with E-state index in [1.165, 1.54) is 0 Å². The second-order valence-electron chi connectivity index (χ2n) is 5.79. The van der Waals surface area contributed by atoms with E-state index in [1.807, 2.05) is 36.2 Å². The van der Waals surface area contributed by atoms with Crippen molar-refractivity contribution in [2.24, 2.45) is 0 Å². The molecule has 1 aliphatic rings. The van der Waals surface area contributed by atoms with Crippen LogP contribution in [0.3, 0.4) is 0 Å². The smallest absolute Gasteiger partial charge is 0.278 e. The fourth-order valence-electron chi connectivity index (χ4n) is 2.83. The van der Waals surface area contributed by atoms with Gasteiger partial charge in [0.15, 0.2) is 5.69 Å². The van der Waals surface area contributed by atoms with Crippen LogP contribution in [-0.4, -0.2) is 36.4 Å². The van der Waals surface area contributed by atoms with Gasteiger partial charge in [-0.2, -0.15) is 0 Å². The Morgan fingerprint density at radius 3 is 2.78 bits per heavy atom. The summed E-state index contributed by atoms with van der Waals surface area (Å²) in [5.41, 5.74) is 3.05. The summed E-state index contributed by atoms with van der Waals surface area (Å²) >= 11 is 0. The molecule has 0 unspecified atom stereocenters. The first-order valence-corrected chi connectivity index (χ1v) is 7.90. The molecule has 2 aromatic rings. The lowest BCUT2D eigenvalue weighted by atomic mass is 9.96. The van der Waals surface area contributed by atoms with E-state index < -0.39 is 0 Å². The number of nitrogens with zero attached hydrogens (tertiary/aromatic N) is 2. The van der Waals surface area contributed by atoms with Crippen molar-refractivity contribution in [3.05, 3.63) is 41.3 Å². The molecule has 23 heavy (non-hydrogen) atoms. The van der Waals surface area contributed by atoms with Gasteiger partial charge in [-0.1, -0.05) is 5.16 Å². The molecule has 0 bridgehead atoms. The SMILES string of the molecule is CN(CCO)c1ccc(NC(=O)c2noc3c2CCCC3)cc1. The van der Waals surface area contributed by atoms with Gasteiger partial charge in [-0.05, 0) is 43.5 Å². The van der Waals surface area contributed by atoms with Crippen LogP contribution in [0.15, 0.2) is 28.8 Å². The van der Waals surface area contributed by atoms with Crippen molar-refractivity contribution in [2.45, 2.75) is 25.7 Å². The van der Waals surface area contributed by atoms with E-state index in [0.717, 1.165) is 42.7 Å². The van der Waals surface area contributed by atoms with Crippen LogP contribution in [0.2, 0.25) is 0 Å². The van der Waals surface area contributed by atoms with Gasteiger partial charge >= 0.3 is 0 Å². The Bertz CT molecular complexity index is 679. The average Bonchev–Trinajstić information content (AvgIpc) is 3.00. The van der Waals surface area contributed by atoms with Crippen molar-refractivity contribution in [1.82, 2.24) is 5.16 Å². The third-order valence-corrected chi connectivity index (χ3v) is 4.17. The van der Waals surface area contributed by atoms with Crippen LogP contribution in [0.25, 0.3) is 0 Å². The first-order chi connectivity index (χ1) is 11.2. The van der Waals surface area contributed by atoms with Gasteiger partial charge in [-0.3, -0.25) is 4.79 Å². The molecule has 0 fully saturated rings. The number of aryl methyl sites for hydroxylation is 1. The molecule has 0 saturated carbocycles. The Morgan fingerprint density at radius 1 is 1.30 bits per heavy atom. The molecule has 1 aliphatic carbocycles. The topological polar surface area (TPSA) is 78.6 Å². The lowest BCUT2D eigenvalue weighted by Gasteiger charge is -2.18. The number of amides is 1. The van der Waals surface area contributed by atoms with Gasteiger partial charge in [0, 0.05) is 37.0 Å². The van der Waals surface area contributed by atoms with Gasteiger partial charge in [-0.15, -0.1) is 0 Å². The van der Waals surface area contributed by atoms with Gasteiger partial charge in [-0.25, -0.2) is 0 Å². The molecule has 0 saturated heterocycles. The Labute approximate surface area is 135 Å². The van der Waals surface area contributed by atoms with Crippen molar-refractivity contribution in [1.29, 1.82) is 0 Å². The number of carbonyl (C=O) groups is 1. The first kappa shape index (κ1) is 15.6. The molecule has 0 aliphatic heterocycles. The Kier molecular flexibility index (Phi) is 4.62. The van der Waals surface area contributed by atoms with E-state index in [9.17, 15) is 4.79 Å². The molecule has 2 N–H and O–H groups in total. The van der Waals surface area contributed by atoms with Gasteiger partial charge in [0.25, 0.3) is 5.91 Å². The molecule has 122 valence electrons. The van der Waals surface area contributed by atoms with E-state index in [4.69, 9.17) is 9.63 Å². The molecule has 1 aromatic carbocycles. The summed E-state index contributed by atoms with van der Waals surface area (Å²) in [6, 6.07) is 7.49. The Morgan fingerprint density at radius 2 is 2.04 bits per heavy atom. The number of anilines is 2. The van der Waals surface area contributed by atoms with Crippen molar-refractivity contribution >= 4 is 17.3 Å². The second-order valence-corrected chi connectivity index (χ2v) is 5.79. The van der Waals surface area contributed by atoms with Crippen LogP contribution in [0.5, 0.6) is 0 Å². The predicted molar refractivity (Wildman–Crippen MR) is 87.9 cm³/mol. The minimum atomic E-state index is -0.228. The molecular weight excluding hydrogens is 294 g/mol. The standard InChI is InChI=1S/C17H21N3O3/c1-20(10-11-21)13-8-6-12(7-9-13)18-17(22)16-14-4-2-3-5-15(14)23-19-16/h6-9,21H,2-5,10-11H2,1H3,(H,18,22). The fourth-order valence-corrected chi connectivity index (χ4v) is 2.83. The van der Waals surface area contributed by atoms with Crippen molar-refractivity contribution in [3.63, 3.8) is 0 Å². The largest absolute Gasteiger partial charge is 0.395 e. The highest BCUT2D eigenvalue weighted by atomic mass is 16.5. The number of rotatable bonds is 5. The van der Waals surface area contributed by atoms with Crippen LogP contribution < -0.4 is 10.2 Å². The lowest BCUT2D eigenvalue weighted by Crippen LogP contribution is -2.21. The normalized spacial score (nSPS) is 13.5. The number of likely N-dealkylation sites (N-methyl/N-ethyl adjacent to an activating group) is 1. The first-order valence-electron chi connectivity index (χ1n) is 7.90. The van der Waals surface area contributed by atoms with E-state index in [2.05, 4.69) is 10.5 Å². The van der Waals surface area contributed by atoms with Crippen LogP contribution >= 0.6 is 0 Å².